The first-order valence-electron chi connectivity index (χ1n) is 6.53. The SMILES string of the molecule is COC(=O)C(C)(C)CN(CCC(N)=S)c1ccccc1. The number of thiocarbonyl (C=S) groups is 1. The van der Waals surface area contributed by atoms with Crippen LogP contribution in [0, 0.1) is 5.41 Å². The number of methoxy groups -OCH3 is 1. The van der Waals surface area contributed by atoms with Gasteiger partial charge in [-0.15, -0.1) is 0 Å². The molecule has 110 valence electrons. The number of esters is 1. The minimum absolute atomic E-state index is 0.228. The van der Waals surface area contributed by atoms with Gasteiger partial charge in [-0.05, 0) is 26.0 Å². The van der Waals surface area contributed by atoms with E-state index >= 15 is 0 Å². The summed E-state index contributed by atoms with van der Waals surface area (Å²) in [5.41, 5.74) is 6.03. The van der Waals surface area contributed by atoms with Gasteiger partial charge >= 0.3 is 5.97 Å². The highest BCUT2D eigenvalue weighted by Gasteiger charge is 2.31. The first kappa shape index (κ1) is 16.4. The Balaban J connectivity index is 2.88. The molecule has 0 atom stereocenters. The second-order valence-corrected chi connectivity index (χ2v) is 5.87. The molecule has 2 N–H and O–H groups in total. The predicted octanol–water partition coefficient (Wildman–Crippen LogP) is 2.37. The molecule has 0 spiro atoms. The summed E-state index contributed by atoms with van der Waals surface area (Å²) in [5.74, 6) is -0.228. The van der Waals surface area contributed by atoms with Crippen LogP contribution >= 0.6 is 12.2 Å². The average Bonchev–Trinajstić information content (AvgIpc) is 2.43. The van der Waals surface area contributed by atoms with Gasteiger partial charge in [0, 0.05) is 25.2 Å². The molecule has 1 rings (SSSR count). The van der Waals surface area contributed by atoms with Crippen LogP contribution in [0.4, 0.5) is 5.69 Å². The number of ether oxygens (including phenoxy) is 1. The fourth-order valence-corrected chi connectivity index (χ4v) is 2.09. The van der Waals surface area contributed by atoms with Crippen LogP contribution in [0.15, 0.2) is 30.3 Å². The Morgan fingerprint density at radius 1 is 1.35 bits per heavy atom. The number of hydrogen-bond acceptors (Lipinski definition) is 4. The zero-order valence-electron chi connectivity index (χ0n) is 12.3. The third kappa shape index (κ3) is 4.81. The second kappa shape index (κ2) is 7.24. The number of carbonyl (C=O) groups excluding carboxylic acids is 1. The molecule has 20 heavy (non-hydrogen) atoms. The lowest BCUT2D eigenvalue weighted by Gasteiger charge is -2.32. The van der Waals surface area contributed by atoms with E-state index in [0.717, 1.165) is 5.69 Å². The van der Waals surface area contributed by atoms with Crippen molar-refractivity contribution < 1.29 is 9.53 Å². The number of para-hydroxylation sites is 1. The highest BCUT2D eigenvalue weighted by Crippen LogP contribution is 2.23. The molecule has 0 bridgehead atoms. The third-order valence-electron chi connectivity index (χ3n) is 3.07. The van der Waals surface area contributed by atoms with Crippen LogP contribution in [0.25, 0.3) is 0 Å². The first-order valence-corrected chi connectivity index (χ1v) is 6.94. The number of benzene rings is 1. The number of nitrogens with two attached hydrogens (primary N) is 1. The van der Waals surface area contributed by atoms with Crippen molar-refractivity contribution in [3.05, 3.63) is 30.3 Å². The maximum atomic E-state index is 11.8. The summed E-state index contributed by atoms with van der Waals surface area (Å²) < 4.78 is 4.86. The van der Waals surface area contributed by atoms with Gasteiger partial charge in [-0.1, -0.05) is 30.4 Å². The molecule has 0 saturated carbocycles. The maximum absolute atomic E-state index is 11.8. The molecule has 0 amide bonds. The number of nitrogens with zero attached hydrogens (tertiary/aromatic N) is 1. The molecule has 4 nitrogen and oxygen atoms in total. The molecule has 0 aliphatic rings. The molecule has 1 aromatic rings. The molecule has 0 unspecified atom stereocenters. The van der Waals surface area contributed by atoms with Gasteiger partial charge in [0.15, 0.2) is 0 Å². The van der Waals surface area contributed by atoms with Crippen LogP contribution in [-0.2, 0) is 9.53 Å². The topological polar surface area (TPSA) is 55.6 Å². The lowest BCUT2D eigenvalue weighted by molar-refractivity contribution is -0.150. The summed E-state index contributed by atoms with van der Waals surface area (Å²) in [5, 5.41) is 0. The van der Waals surface area contributed by atoms with Crippen LogP contribution in [0.5, 0.6) is 0 Å². The van der Waals surface area contributed by atoms with Crippen LogP contribution in [0.3, 0.4) is 0 Å². The molecule has 0 fully saturated rings. The molecule has 0 radical (unpaired) electrons. The normalized spacial score (nSPS) is 10.9. The van der Waals surface area contributed by atoms with Gasteiger partial charge in [0.1, 0.15) is 0 Å². The van der Waals surface area contributed by atoms with E-state index in [1.54, 1.807) is 0 Å². The number of anilines is 1. The summed E-state index contributed by atoms with van der Waals surface area (Å²) >= 11 is 4.94. The maximum Gasteiger partial charge on any atom is 0.313 e. The van der Waals surface area contributed by atoms with Gasteiger partial charge in [-0.25, -0.2) is 0 Å². The third-order valence-corrected chi connectivity index (χ3v) is 3.28. The van der Waals surface area contributed by atoms with Crippen LogP contribution in [0.2, 0.25) is 0 Å². The van der Waals surface area contributed by atoms with Crippen molar-refractivity contribution in [3.63, 3.8) is 0 Å². The number of rotatable bonds is 7. The van der Waals surface area contributed by atoms with Crippen molar-refractivity contribution in [1.29, 1.82) is 0 Å². The fraction of sp³-hybridized carbons (Fsp3) is 0.467. The summed E-state index contributed by atoms with van der Waals surface area (Å²) in [6.45, 7) is 4.97. The number of carbonyl (C=O) groups is 1. The summed E-state index contributed by atoms with van der Waals surface area (Å²) in [7, 11) is 1.41. The van der Waals surface area contributed by atoms with E-state index in [-0.39, 0.29) is 5.97 Å². The zero-order chi connectivity index (χ0) is 15.2. The molecule has 1 aromatic carbocycles. The van der Waals surface area contributed by atoms with E-state index in [2.05, 4.69) is 4.90 Å². The number of hydrogen-bond donors (Lipinski definition) is 1. The van der Waals surface area contributed by atoms with Crippen LogP contribution in [-0.4, -0.2) is 31.2 Å². The Bertz CT molecular complexity index is 460. The minimum Gasteiger partial charge on any atom is -0.469 e. The molecule has 0 aliphatic carbocycles. The lowest BCUT2D eigenvalue weighted by atomic mass is 9.92. The molecule has 0 saturated heterocycles. The Morgan fingerprint density at radius 3 is 2.45 bits per heavy atom. The first-order chi connectivity index (χ1) is 9.36. The molecule has 0 aliphatic heterocycles. The van der Waals surface area contributed by atoms with Crippen LogP contribution < -0.4 is 10.6 Å². The lowest BCUT2D eigenvalue weighted by Crippen LogP contribution is -2.41. The monoisotopic (exact) mass is 294 g/mol. The van der Waals surface area contributed by atoms with E-state index in [9.17, 15) is 4.79 Å². The summed E-state index contributed by atoms with van der Waals surface area (Å²) in [6.07, 6.45) is 0.613. The second-order valence-electron chi connectivity index (χ2n) is 5.35. The van der Waals surface area contributed by atoms with Crippen LogP contribution in [0.1, 0.15) is 20.3 Å². The average molecular weight is 294 g/mol. The quantitative estimate of drug-likeness (QED) is 0.618. The van der Waals surface area contributed by atoms with E-state index in [1.165, 1.54) is 7.11 Å². The zero-order valence-corrected chi connectivity index (χ0v) is 13.1. The summed E-state index contributed by atoms with van der Waals surface area (Å²) in [6, 6.07) is 9.91. The fourth-order valence-electron chi connectivity index (χ4n) is 2.00. The van der Waals surface area contributed by atoms with Crippen molar-refractivity contribution >= 4 is 28.9 Å². The molecular weight excluding hydrogens is 272 g/mol. The largest absolute Gasteiger partial charge is 0.469 e. The molecule has 0 aromatic heterocycles. The Kier molecular flexibility index (Phi) is 5.95. The van der Waals surface area contributed by atoms with Crippen molar-refractivity contribution in [2.24, 2.45) is 11.1 Å². The minimum atomic E-state index is -0.596. The van der Waals surface area contributed by atoms with Gasteiger partial charge < -0.3 is 15.4 Å². The van der Waals surface area contributed by atoms with Crippen molar-refractivity contribution in [2.45, 2.75) is 20.3 Å². The standard InChI is InChI=1S/C15H22N2O2S/c1-15(2,14(18)19-3)11-17(10-9-13(16)20)12-7-5-4-6-8-12/h4-8H,9-11H2,1-3H3,(H2,16,20). The van der Waals surface area contributed by atoms with Gasteiger partial charge in [0.2, 0.25) is 0 Å². The van der Waals surface area contributed by atoms with E-state index < -0.39 is 5.41 Å². The van der Waals surface area contributed by atoms with E-state index in [1.807, 2.05) is 44.2 Å². The van der Waals surface area contributed by atoms with E-state index in [0.29, 0.717) is 24.5 Å². The molecule has 0 heterocycles. The van der Waals surface area contributed by atoms with Crippen molar-refractivity contribution in [3.8, 4) is 0 Å². The van der Waals surface area contributed by atoms with Crippen molar-refractivity contribution in [1.82, 2.24) is 0 Å². The van der Waals surface area contributed by atoms with Gasteiger partial charge in [0.25, 0.3) is 0 Å². The van der Waals surface area contributed by atoms with Gasteiger partial charge in [0.05, 0.1) is 17.5 Å². The molecular formula is C15H22N2O2S. The smallest absolute Gasteiger partial charge is 0.313 e. The summed E-state index contributed by atoms with van der Waals surface area (Å²) in [4.78, 5) is 14.4. The van der Waals surface area contributed by atoms with Gasteiger partial charge in [-0.2, -0.15) is 0 Å². The van der Waals surface area contributed by atoms with E-state index in [4.69, 9.17) is 22.7 Å². The highest BCUT2D eigenvalue weighted by atomic mass is 32.1. The Labute approximate surface area is 125 Å². The molecule has 5 heteroatoms. The highest BCUT2D eigenvalue weighted by molar-refractivity contribution is 7.80. The Hall–Kier alpha value is -1.62. The Morgan fingerprint density at radius 2 is 1.95 bits per heavy atom. The van der Waals surface area contributed by atoms with Crippen molar-refractivity contribution in [2.75, 3.05) is 25.1 Å². The van der Waals surface area contributed by atoms with Gasteiger partial charge in [-0.3, -0.25) is 4.79 Å². The predicted molar refractivity (Wildman–Crippen MR) is 85.9 cm³/mol.